The Labute approximate surface area is 169 Å². The average molecular weight is 390 g/mol. The number of benzene rings is 2. The standard InChI is InChI=1S/C20H32N5O2.CH3/c1-25(2,11-9-23-15-5-7-17(21)19(13-15)26-3)12-10-24-16-6-8-18(22)20(14-16)27-4;/h5-8,13-14,23-24H,9-12,21-22H2,1-4H3;1H3/q+1;-1. The molecule has 156 valence electrons. The Hall–Kier alpha value is -2.80. The molecule has 0 atom stereocenters. The number of nitrogens with two attached hydrogens (primary N) is 2. The number of methoxy groups -OCH3 is 2. The largest absolute Gasteiger partial charge is 0.495 e. The van der Waals surface area contributed by atoms with Crippen LogP contribution in [0, 0.1) is 7.43 Å². The summed E-state index contributed by atoms with van der Waals surface area (Å²) >= 11 is 0. The molecular weight excluding hydrogens is 354 g/mol. The van der Waals surface area contributed by atoms with Crippen molar-refractivity contribution in [1.82, 2.24) is 0 Å². The zero-order valence-corrected chi connectivity index (χ0v) is 17.7. The molecule has 2 aromatic carbocycles. The number of hydrogen-bond acceptors (Lipinski definition) is 6. The van der Waals surface area contributed by atoms with E-state index in [0.29, 0.717) is 22.9 Å². The van der Waals surface area contributed by atoms with Crippen LogP contribution in [0.2, 0.25) is 0 Å². The number of likely N-dealkylation sites (N-methyl/N-ethyl adjacent to an activating group) is 1. The van der Waals surface area contributed by atoms with Gasteiger partial charge in [-0.25, -0.2) is 0 Å². The van der Waals surface area contributed by atoms with Crippen LogP contribution in [0.25, 0.3) is 0 Å². The Bertz CT molecular complexity index is 688. The summed E-state index contributed by atoms with van der Waals surface area (Å²) < 4.78 is 11.4. The van der Waals surface area contributed by atoms with Gasteiger partial charge in [-0.05, 0) is 24.3 Å². The van der Waals surface area contributed by atoms with E-state index in [1.807, 2.05) is 36.4 Å². The molecule has 2 aromatic rings. The van der Waals surface area contributed by atoms with Gasteiger partial charge in [0.05, 0.1) is 65.9 Å². The fourth-order valence-corrected chi connectivity index (χ4v) is 2.76. The van der Waals surface area contributed by atoms with Gasteiger partial charge in [-0.15, -0.1) is 0 Å². The van der Waals surface area contributed by atoms with Crippen molar-refractivity contribution >= 4 is 22.7 Å². The lowest BCUT2D eigenvalue weighted by Crippen LogP contribution is -2.46. The molecule has 0 unspecified atom stereocenters. The molecule has 2 rings (SSSR count). The van der Waals surface area contributed by atoms with E-state index >= 15 is 0 Å². The van der Waals surface area contributed by atoms with Crippen LogP contribution in [0.15, 0.2) is 36.4 Å². The summed E-state index contributed by atoms with van der Waals surface area (Å²) in [6, 6.07) is 11.5. The van der Waals surface area contributed by atoms with Gasteiger partial charge in [0.25, 0.3) is 0 Å². The van der Waals surface area contributed by atoms with Crippen LogP contribution in [0.1, 0.15) is 0 Å². The molecule has 0 heterocycles. The lowest BCUT2D eigenvalue weighted by atomic mass is 10.2. The van der Waals surface area contributed by atoms with Crippen molar-refractivity contribution in [2.75, 3.05) is 76.6 Å². The maximum atomic E-state index is 5.85. The molecule has 0 radical (unpaired) electrons. The number of nitrogens with zero attached hydrogens (tertiary/aromatic N) is 1. The number of nitrogens with one attached hydrogen (secondary N) is 2. The van der Waals surface area contributed by atoms with Gasteiger partial charge in [-0.1, -0.05) is 0 Å². The maximum Gasteiger partial charge on any atom is 0.143 e. The summed E-state index contributed by atoms with van der Waals surface area (Å²) in [6.07, 6.45) is 0. The minimum absolute atomic E-state index is 0. The molecule has 28 heavy (non-hydrogen) atoms. The van der Waals surface area contributed by atoms with Gasteiger partial charge in [0, 0.05) is 23.5 Å². The van der Waals surface area contributed by atoms with E-state index in [9.17, 15) is 0 Å². The Morgan fingerprint density at radius 3 is 1.54 bits per heavy atom. The topological polar surface area (TPSA) is 94.6 Å². The van der Waals surface area contributed by atoms with E-state index in [-0.39, 0.29) is 7.43 Å². The van der Waals surface area contributed by atoms with E-state index in [1.54, 1.807) is 14.2 Å². The van der Waals surface area contributed by atoms with Crippen molar-refractivity contribution in [3.8, 4) is 11.5 Å². The number of quaternary nitrogens is 1. The first-order valence-corrected chi connectivity index (χ1v) is 9.01. The third kappa shape index (κ3) is 6.74. The van der Waals surface area contributed by atoms with Crippen molar-refractivity contribution < 1.29 is 14.0 Å². The van der Waals surface area contributed by atoms with E-state index in [4.69, 9.17) is 20.9 Å². The van der Waals surface area contributed by atoms with Gasteiger partial charge >= 0.3 is 0 Å². The van der Waals surface area contributed by atoms with Gasteiger partial charge in [-0.3, -0.25) is 0 Å². The lowest BCUT2D eigenvalue weighted by Gasteiger charge is -2.30. The molecule has 0 spiro atoms. The third-order valence-electron chi connectivity index (χ3n) is 4.56. The van der Waals surface area contributed by atoms with E-state index in [1.165, 1.54) is 0 Å². The highest BCUT2D eigenvalue weighted by Crippen LogP contribution is 2.25. The van der Waals surface area contributed by atoms with Gasteiger partial charge in [0.1, 0.15) is 11.5 Å². The molecule has 0 saturated heterocycles. The Morgan fingerprint density at radius 1 is 0.786 bits per heavy atom. The van der Waals surface area contributed by atoms with Crippen LogP contribution in [0.4, 0.5) is 22.7 Å². The SMILES string of the molecule is COc1cc(NCC[N+](C)(C)CCNc2ccc(N)c(OC)c2)ccc1N.[CH3-]. The molecule has 0 aliphatic carbocycles. The van der Waals surface area contributed by atoms with Gasteiger partial charge in [0.15, 0.2) is 0 Å². The first-order valence-electron chi connectivity index (χ1n) is 9.01. The summed E-state index contributed by atoms with van der Waals surface area (Å²) in [5.41, 5.74) is 15.0. The van der Waals surface area contributed by atoms with Crippen molar-refractivity contribution in [2.24, 2.45) is 0 Å². The highest BCUT2D eigenvalue weighted by Gasteiger charge is 2.14. The van der Waals surface area contributed by atoms with Crippen LogP contribution in [0.5, 0.6) is 11.5 Å². The van der Waals surface area contributed by atoms with Crippen molar-refractivity contribution in [3.63, 3.8) is 0 Å². The number of hydrogen-bond donors (Lipinski definition) is 4. The quantitative estimate of drug-likeness (QED) is 0.284. The highest BCUT2D eigenvalue weighted by atomic mass is 16.5. The highest BCUT2D eigenvalue weighted by molar-refractivity contribution is 5.62. The van der Waals surface area contributed by atoms with Crippen molar-refractivity contribution in [3.05, 3.63) is 43.8 Å². The second kappa shape index (κ2) is 10.5. The zero-order valence-electron chi connectivity index (χ0n) is 17.7. The summed E-state index contributed by atoms with van der Waals surface area (Å²) in [5, 5.41) is 6.86. The molecular formula is C21H35N5O2. The van der Waals surface area contributed by atoms with Crippen LogP contribution in [0.3, 0.4) is 0 Å². The van der Waals surface area contributed by atoms with Gasteiger partial charge < -0.3 is 43.5 Å². The summed E-state index contributed by atoms with van der Waals surface area (Å²) in [6.45, 7) is 3.68. The summed E-state index contributed by atoms with van der Waals surface area (Å²) in [7, 11) is 7.69. The number of ether oxygens (including phenoxy) is 2. The van der Waals surface area contributed by atoms with Crippen LogP contribution in [-0.4, -0.2) is 59.0 Å². The molecule has 7 nitrogen and oxygen atoms in total. The second-order valence-electron chi connectivity index (χ2n) is 7.15. The predicted octanol–water partition coefficient (Wildman–Crippen LogP) is 2.92. The van der Waals surface area contributed by atoms with Crippen LogP contribution >= 0.6 is 0 Å². The summed E-state index contributed by atoms with van der Waals surface area (Å²) in [5.74, 6) is 1.38. The van der Waals surface area contributed by atoms with E-state index in [0.717, 1.165) is 42.0 Å². The molecule has 0 aliphatic rings. The molecule has 0 saturated carbocycles. The Balaban J connectivity index is 0.00000392. The molecule has 7 heteroatoms. The fourth-order valence-electron chi connectivity index (χ4n) is 2.76. The minimum Gasteiger partial charge on any atom is -0.495 e. The minimum atomic E-state index is 0. The van der Waals surface area contributed by atoms with Gasteiger partial charge in [0.2, 0.25) is 0 Å². The molecule has 0 fully saturated rings. The average Bonchev–Trinajstić information content (AvgIpc) is 2.64. The van der Waals surface area contributed by atoms with Crippen LogP contribution in [-0.2, 0) is 0 Å². The molecule has 6 N–H and O–H groups in total. The normalized spacial score (nSPS) is 10.7. The first kappa shape index (κ1) is 23.2. The van der Waals surface area contributed by atoms with E-state index < -0.39 is 0 Å². The second-order valence-corrected chi connectivity index (χ2v) is 7.15. The fraction of sp³-hybridized carbons (Fsp3) is 0.381. The predicted molar refractivity (Wildman–Crippen MR) is 120 cm³/mol. The molecule has 0 bridgehead atoms. The van der Waals surface area contributed by atoms with Crippen molar-refractivity contribution in [1.29, 1.82) is 0 Å². The molecule has 0 aromatic heterocycles. The zero-order chi connectivity index (χ0) is 19.9. The van der Waals surface area contributed by atoms with Crippen LogP contribution < -0.4 is 31.6 Å². The Kier molecular flexibility index (Phi) is 8.73. The monoisotopic (exact) mass is 389 g/mol. The maximum absolute atomic E-state index is 5.85. The first-order chi connectivity index (χ1) is 12.8. The number of rotatable bonds is 10. The summed E-state index contributed by atoms with van der Waals surface area (Å²) in [4.78, 5) is 0. The smallest absolute Gasteiger partial charge is 0.143 e. The van der Waals surface area contributed by atoms with E-state index in [2.05, 4.69) is 24.7 Å². The number of anilines is 4. The molecule has 0 amide bonds. The molecule has 0 aliphatic heterocycles. The van der Waals surface area contributed by atoms with Crippen molar-refractivity contribution in [2.45, 2.75) is 0 Å². The lowest BCUT2D eigenvalue weighted by molar-refractivity contribution is -0.886. The van der Waals surface area contributed by atoms with Gasteiger partial charge in [-0.2, -0.15) is 0 Å². The number of nitrogen functional groups attached to an aromatic ring is 2. The Morgan fingerprint density at radius 2 is 1.18 bits per heavy atom. The third-order valence-corrected chi connectivity index (χ3v) is 4.56.